The second-order valence-electron chi connectivity index (χ2n) is 12.8. The highest BCUT2D eigenvalue weighted by molar-refractivity contribution is 9.10. The molecule has 3 aromatic heterocycles. The van der Waals surface area contributed by atoms with E-state index >= 15 is 0 Å². The Morgan fingerprint density at radius 2 is 1.93 bits per heavy atom. The lowest BCUT2D eigenvalue weighted by Gasteiger charge is -2.34. The van der Waals surface area contributed by atoms with E-state index < -0.39 is 0 Å². The van der Waals surface area contributed by atoms with Crippen molar-refractivity contribution < 1.29 is 4.79 Å². The van der Waals surface area contributed by atoms with Gasteiger partial charge in [0.2, 0.25) is 0 Å². The Morgan fingerprint density at radius 1 is 1.12 bits per heavy atom. The third-order valence-corrected chi connectivity index (χ3v) is 9.28. The molecule has 3 unspecified atom stereocenters. The molecule has 7 nitrogen and oxygen atoms in total. The van der Waals surface area contributed by atoms with Crippen LogP contribution in [0.25, 0.3) is 0 Å². The molecule has 1 amide bonds. The van der Waals surface area contributed by atoms with Crippen LogP contribution in [-0.4, -0.2) is 39.0 Å². The summed E-state index contributed by atoms with van der Waals surface area (Å²) in [4.78, 5) is 30.6. The zero-order valence-corrected chi connectivity index (χ0v) is 26.6. The number of amides is 1. The van der Waals surface area contributed by atoms with Crippen LogP contribution in [0.2, 0.25) is 0 Å². The largest absolute Gasteiger partial charge is 0.367 e. The molecule has 2 aliphatic heterocycles. The summed E-state index contributed by atoms with van der Waals surface area (Å²) in [5, 5.41) is 4.43. The molecule has 0 aliphatic carbocycles. The second-order valence-corrected chi connectivity index (χ2v) is 14.6. The fourth-order valence-corrected chi connectivity index (χ4v) is 6.66. The van der Waals surface area contributed by atoms with Crippen molar-refractivity contribution in [1.82, 2.24) is 19.7 Å². The van der Waals surface area contributed by atoms with Crippen molar-refractivity contribution >= 4 is 45.4 Å². The van der Waals surface area contributed by atoms with Crippen LogP contribution >= 0.6 is 27.9 Å². The van der Waals surface area contributed by atoms with Crippen molar-refractivity contribution in [3.63, 3.8) is 0 Å². The van der Waals surface area contributed by atoms with E-state index in [0.717, 1.165) is 58.3 Å². The van der Waals surface area contributed by atoms with Gasteiger partial charge in [-0.2, -0.15) is 0 Å². The highest BCUT2D eigenvalue weighted by Crippen LogP contribution is 2.42. The molecule has 3 atom stereocenters. The van der Waals surface area contributed by atoms with Crippen LogP contribution in [0.5, 0.6) is 0 Å². The van der Waals surface area contributed by atoms with Crippen LogP contribution in [0.3, 0.4) is 0 Å². The summed E-state index contributed by atoms with van der Waals surface area (Å²) in [6.45, 7) is 14.3. The second kappa shape index (κ2) is 11.3. The van der Waals surface area contributed by atoms with Crippen LogP contribution in [-0.2, 0) is 11.8 Å². The lowest BCUT2D eigenvalue weighted by atomic mass is 9.83. The topological polar surface area (TPSA) is 83.0 Å². The molecule has 4 bridgehead atoms. The first kappa shape index (κ1) is 28.9. The van der Waals surface area contributed by atoms with Crippen LogP contribution in [0.4, 0.5) is 11.6 Å². The van der Waals surface area contributed by atoms with E-state index in [1.807, 2.05) is 42.6 Å². The number of hydrogen-bond donors (Lipinski definition) is 2. The van der Waals surface area contributed by atoms with E-state index in [9.17, 15) is 4.79 Å². The summed E-state index contributed by atoms with van der Waals surface area (Å²) >= 11 is 4.74. The average Bonchev–Trinajstić information content (AvgIpc) is 3.22. The van der Waals surface area contributed by atoms with Gasteiger partial charge in [0.15, 0.2) is 0 Å². The number of nitrogens with one attached hydrogen (secondary N) is 2. The maximum absolute atomic E-state index is 13.6. The Morgan fingerprint density at radius 3 is 2.65 bits per heavy atom. The lowest BCUT2D eigenvalue weighted by molar-refractivity contribution is 0.0984. The number of anilines is 2. The molecule has 5 heterocycles. The van der Waals surface area contributed by atoms with Crippen molar-refractivity contribution in [3.05, 3.63) is 70.1 Å². The highest BCUT2D eigenvalue weighted by Gasteiger charge is 2.43. The molecule has 9 heteroatoms. The maximum atomic E-state index is 13.6. The summed E-state index contributed by atoms with van der Waals surface area (Å²) in [7, 11) is 0. The van der Waals surface area contributed by atoms with Crippen LogP contribution < -0.4 is 14.9 Å². The van der Waals surface area contributed by atoms with Gasteiger partial charge in [0.25, 0.3) is 5.91 Å². The van der Waals surface area contributed by atoms with E-state index in [-0.39, 0.29) is 22.9 Å². The number of carbonyl (C=O) groups is 1. The first-order valence-electron chi connectivity index (χ1n) is 14.0. The van der Waals surface area contributed by atoms with Gasteiger partial charge in [-0.3, -0.25) is 14.5 Å². The van der Waals surface area contributed by atoms with E-state index in [4.69, 9.17) is 9.97 Å². The Kier molecular flexibility index (Phi) is 8.17. The molecule has 2 aliphatic rings. The van der Waals surface area contributed by atoms with Gasteiger partial charge in [-0.25, -0.2) is 9.97 Å². The zero-order valence-electron chi connectivity index (χ0n) is 24.2. The summed E-state index contributed by atoms with van der Waals surface area (Å²) in [5.41, 5.74) is 2.37. The standard InChI is InChI=1S/C31H39BrN6OS/c1-19-14-23(15-22-11-10-21(32)17-33-22)34-26-8-7-9-27(36-26)40-37-29(39)24-12-13-25(30(2,3)4)35-28(24)38-18-20(19)16-31(38,5)6/h7-13,17,19-20,23H,14-16,18H2,1-6H3,(H,34,36)(H,37,39). The van der Waals surface area contributed by atoms with E-state index in [2.05, 4.69) is 83.5 Å². The zero-order chi connectivity index (χ0) is 28.7. The van der Waals surface area contributed by atoms with Gasteiger partial charge in [-0.05, 0) is 90.9 Å². The molecule has 0 saturated carbocycles. The summed E-state index contributed by atoms with van der Waals surface area (Å²) in [5.74, 6) is 2.30. The molecule has 1 fully saturated rings. The van der Waals surface area contributed by atoms with Crippen molar-refractivity contribution in [1.29, 1.82) is 0 Å². The molecule has 0 radical (unpaired) electrons. The Hall–Kier alpha value is -2.65. The average molecular weight is 624 g/mol. The molecule has 0 aromatic carbocycles. The predicted octanol–water partition coefficient (Wildman–Crippen LogP) is 7.04. The lowest BCUT2D eigenvalue weighted by Crippen LogP contribution is -2.40. The smallest absolute Gasteiger partial charge is 0.265 e. The maximum Gasteiger partial charge on any atom is 0.265 e. The molecule has 3 aromatic rings. The monoisotopic (exact) mass is 622 g/mol. The molecular formula is C31H39BrN6OS. The van der Waals surface area contributed by atoms with Gasteiger partial charge in [0.05, 0.1) is 5.56 Å². The SMILES string of the molecule is CC1CC(Cc2ccc(Br)cn2)Nc2cccc(n2)SNC(=O)c2ccc(C(C)(C)C)nc2N2CC1CC2(C)C. The molecule has 0 spiro atoms. The van der Waals surface area contributed by atoms with Gasteiger partial charge < -0.3 is 10.2 Å². The van der Waals surface area contributed by atoms with E-state index in [0.29, 0.717) is 17.4 Å². The fourth-order valence-electron chi connectivity index (χ4n) is 5.83. The minimum atomic E-state index is -0.158. The highest BCUT2D eigenvalue weighted by atomic mass is 79.9. The third kappa shape index (κ3) is 6.46. The minimum absolute atomic E-state index is 0.127. The number of hydrogen-bond acceptors (Lipinski definition) is 7. The van der Waals surface area contributed by atoms with Gasteiger partial charge in [0, 0.05) is 64.0 Å². The van der Waals surface area contributed by atoms with Crippen molar-refractivity contribution in [2.75, 3.05) is 16.8 Å². The van der Waals surface area contributed by atoms with Gasteiger partial charge in [0.1, 0.15) is 16.7 Å². The summed E-state index contributed by atoms with van der Waals surface area (Å²) in [6.07, 6.45) is 4.66. The number of fused-ring (bicyclic) bond motifs is 6. The van der Waals surface area contributed by atoms with Crippen LogP contribution in [0.15, 0.2) is 58.2 Å². The van der Waals surface area contributed by atoms with Crippen molar-refractivity contribution in [2.45, 2.75) is 82.8 Å². The molecule has 1 saturated heterocycles. The summed E-state index contributed by atoms with van der Waals surface area (Å²) < 4.78 is 4.01. The first-order chi connectivity index (χ1) is 18.9. The van der Waals surface area contributed by atoms with Crippen molar-refractivity contribution in [2.24, 2.45) is 11.8 Å². The molecule has 2 N–H and O–H groups in total. The first-order valence-corrected chi connectivity index (χ1v) is 15.6. The number of pyridine rings is 3. The van der Waals surface area contributed by atoms with E-state index in [1.54, 1.807) is 0 Å². The summed E-state index contributed by atoms with van der Waals surface area (Å²) in [6, 6.07) is 14.1. The minimum Gasteiger partial charge on any atom is -0.367 e. The normalized spacial score (nSPS) is 22.9. The van der Waals surface area contributed by atoms with E-state index in [1.165, 1.54) is 11.9 Å². The van der Waals surface area contributed by atoms with Crippen LogP contribution in [0.1, 0.15) is 76.1 Å². The Bertz CT molecular complexity index is 1370. The number of rotatable bonds is 2. The third-order valence-electron chi connectivity index (χ3n) is 8.08. The Balaban J connectivity index is 1.54. The van der Waals surface area contributed by atoms with Gasteiger partial charge in [-0.1, -0.05) is 33.8 Å². The van der Waals surface area contributed by atoms with Gasteiger partial charge >= 0.3 is 0 Å². The Labute approximate surface area is 250 Å². The number of carbonyl (C=O) groups excluding carboxylic acids is 1. The fraction of sp³-hybridized carbons (Fsp3) is 0.484. The molecule has 5 rings (SSSR count). The predicted molar refractivity (Wildman–Crippen MR) is 167 cm³/mol. The molecule has 40 heavy (non-hydrogen) atoms. The van der Waals surface area contributed by atoms with Gasteiger partial charge in [-0.15, -0.1) is 0 Å². The van der Waals surface area contributed by atoms with Crippen LogP contribution in [0, 0.1) is 11.8 Å². The van der Waals surface area contributed by atoms with Crippen molar-refractivity contribution in [3.8, 4) is 0 Å². The number of aromatic nitrogens is 3. The molecule has 212 valence electrons. The number of nitrogens with zero attached hydrogens (tertiary/aromatic N) is 4. The molecular weight excluding hydrogens is 584 g/mol. The quantitative estimate of drug-likeness (QED) is 0.297. The number of halogens is 1.